The van der Waals surface area contributed by atoms with Gasteiger partial charge in [0.2, 0.25) is 0 Å². The van der Waals surface area contributed by atoms with Gasteiger partial charge in [-0.15, -0.1) is 45.3 Å². The molecule has 4 heterocycles. The van der Waals surface area contributed by atoms with Gasteiger partial charge in [-0.2, -0.15) is 0 Å². The Kier molecular flexibility index (Phi) is 12.3. The fourth-order valence-corrected chi connectivity index (χ4v) is 7.63. The topological polar surface area (TPSA) is 12.9 Å². The Morgan fingerprint density at radius 2 is 0.833 bits per heavy atom. The smallest absolute Gasteiger partial charge is 0.0953 e. The molecule has 36 heavy (non-hydrogen) atoms. The molecule has 0 atom stereocenters. The van der Waals surface area contributed by atoms with Crippen molar-refractivity contribution in [1.29, 1.82) is 0 Å². The Morgan fingerprint density at radius 1 is 0.444 bits per heavy atom. The van der Waals surface area contributed by atoms with Crippen LogP contribution in [0.5, 0.6) is 0 Å². The lowest BCUT2D eigenvalue weighted by Crippen LogP contribution is -1.81. The van der Waals surface area contributed by atoms with E-state index < -0.39 is 0 Å². The van der Waals surface area contributed by atoms with E-state index in [4.69, 9.17) is 0 Å². The van der Waals surface area contributed by atoms with Crippen molar-refractivity contribution in [3.8, 4) is 0 Å². The lowest BCUT2D eigenvalue weighted by Gasteiger charge is -2.00. The van der Waals surface area contributed by atoms with Crippen LogP contribution in [-0.4, -0.2) is 4.98 Å². The Labute approximate surface area is 237 Å². The van der Waals surface area contributed by atoms with Crippen LogP contribution in [0, 0.1) is 0 Å². The van der Waals surface area contributed by atoms with Crippen LogP contribution in [-0.2, 0) is 0 Å². The highest BCUT2D eigenvalue weighted by atomic mass is 32.1. The molecule has 0 amide bonds. The van der Waals surface area contributed by atoms with Gasteiger partial charge in [0.1, 0.15) is 0 Å². The molecule has 0 saturated carbocycles. The first-order valence-corrected chi connectivity index (χ1v) is 16.6. The average molecular weight is 562 g/mol. The number of hydrogen-bond acceptors (Lipinski definition) is 5. The van der Waals surface area contributed by atoms with E-state index in [0.717, 1.165) is 0 Å². The monoisotopic (exact) mass is 561 g/mol. The molecule has 4 aromatic heterocycles. The van der Waals surface area contributed by atoms with Crippen LogP contribution in [0.2, 0.25) is 0 Å². The van der Waals surface area contributed by atoms with Gasteiger partial charge in [0, 0.05) is 45.9 Å². The van der Waals surface area contributed by atoms with Crippen molar-refractivity contribution in [1.82, 2.24) is 4.98 Å². The lowest BCUT2D eigenvalue weighted by atomic mass is 10.1. The maximum atomic E-state index is 4.36. The Hall–Kier alpha value is -1.01. The molecule has 0 aliphatic carbocycles. The molecule has 1 nitrogen and oxygen atoms in total. The van der Waals surface area contributed by atoms with Crippen molar-refractivity contribution in [2.45, 2.75) is 119 Å². The summed E-state index contributed by atoms with van der Waals surface area (Å²) in [5, 5.41) is 1.26. The predicted molar refractivity (Wildman–Crippen MR) is 171 cm³/mol. The quantitative estimate of drug-likeness (QED) is 0.228. The Bertz CT molecular complexity index is 1000. The maximum Gasteiger partial charge on any atom is 0.0953 e. The van der Waals surface area contributed by atoms with Gasteiger partial charge >= 0.3 is 0 Å². The van der Waals surface area contributed by atoms with Gasteiger partial charge in [0.25, 0.3) is 0 Å². The molecule has 0 unspecified atom stereocenters. The largest absolute Gasteiger partial charge is 0.249 e. The van der Waals surface area contributed by atoms with E-state index in [9.17, 15) is 0 Å². The molecule has 0 spiro atoms. The van der Waals surface area contributed by atoms with Crippen molar-refractivity contribution >= 4 is 54.7 Å². The molecule has 0 N–H and O–H groups in total. The summed E-state index contributed by atoms with van der Waals surface area (Å²) in [4.78, 5) is 11.8. The summed E-state index contributed by atoms with van der Waals surface area (Å²) in [6.45, 7) is 26.8. The summed E-state index contributed by atoms with van der Waals surface area (Å²) in [6.07, 6.45) is 2.00. The van der Waals surface area contributed by atoms with Crippen LogP contribution in [0.25, 0.3) is 9.40 Å². The summed E-state index contributed by atoms with van der Waals surface area (Å²) in [7, 11) is 0. The van der Waals surface area contributed by atoms with Gasteiger partial charge in [-0.05, 0) is 53.9 Å². The molecule has 0 aliphatic rings. The number of nitrogens with zero attached hydrogens (tertiary/aromatic N) is 1. The first-order valence-electron chi connectivity index (χ1n) is 13.4. The van der Waals surface area contributed by atoms with Crippen LogP contribution >= 0.6 is 45.3 Å². The third-order valence-corrected chi connectivity index (χ3v) is 12.0. The molecule has 0 aromatic carbocycles. The first kappa shape index (κ1) is 31.2. The minimum atomic E-state index is 0.576. The van der Waals surface area contributed by atoms with E-state index >= 15 is 0 Å². The van der Waals surface area contributed by atoms with E-state index in [-0.39, 0.29) is 0 Å². The summed E-state index contributed by atoms with van der Waals surface area (Å²) in [6, 6.07) is 9.23. The van der Waals surface area contributed by atoms with Gasteiger partial charge in [-0.1, -0.05) is 83.1 Å². The molecule has 4 rings (SSSR count). The van der Waals surface area contributed by atoms with Crippen LogP contribution in [0.15, 0.2) is 30.5 Å². The van der Waals surface area contributed by atoms with Crippen LogP contribution in [0.4, 0.5) is 0 Å². The summed E-state index contributed by atoms with van der Waals surface area (Å²) in [5.41, 5.74) is 0. The molecular weight excluding hydrogens is 515 g/mol. The molecule has 5 heteroatoms. The number of hydrogen-bond donors (Lipinski definition) is 0. The third kappa shape index (κ3) is 9.08. The first-order chi connectivity index (χ1) is 16.8. The molecule has 0 aliphatic heterocycles. The van der Waals surface area contributed by atoms with Gasteiger partial charge in [-0.3, -0.25) is 0 Å². The van der Waals surface area contributed by atoms with E-state index in [2.05, 4.69) is 112 Å². The minimum absolute atomic E-state index is 0.576. The van der Waals surface area contributed by atoms with E-state index in [0.29, 0.717) is 35.5 Å². The molecule has 0 bridgehead atoms. The summed E-state index contributed by atoms with van der Waals surface area (Å²) < 4.78 is 2.95. The predicted octanol–water partition coefficient (Wildman–Crippen LogP) is 12.6. The van der Waals surface area contributed by atoms with E-state index in [1.54, 1.807) is 0 Å². The fourth-order valence-electron chi connectivity index (χ4n) is 3.27. The van der Waals surface area contributed by atoms with Crippen molar-refractivity contribution in [2.75, 3.05) is 0 Å². The second-order valence-corrected chi connectivity index (χ2v) is 15.8. The zero-order valence-electron chi connectivity index (χ0n) is 24.4. The molecular formula is C31H47NS4. The van der Waals surface area contributed by atoms with Gasteiger partial charge in [-0.25, -0.2) is 4.98 Å². The molecule has 4 aromatic rings. The highest BCUT2D eigenvalue weighted by Gasteiger charge is 2.11. The Morgan fingerprint density at radius 3 is 1.08 bits per heavy atom. The molecule has 200 valence electrons. The van der Waals surface area contributed by atoms with Gasteiger partial charge in [0.05, 0.1) is 5.01 Å². The highest BCUT2D eigenvalue weighted by molar-refractivity contribution is 7.27. The second kappa shape index (κ2) is 14.2. The molecule has 0 saturated heterocycles. The maximum absolute atomic E-state index is 4.36. The minimum Gasteiger partial charge on any atom is -0.249 e. The zero-order chi connectivity index (χ0) is 27.2. The van der Waals surface area contributed by atoms with Crippen LogP contribution in [0.3, 0.4) is 0 Å². The average Bonchev–Trinajstić information content (AvgIpc) is 3.57. The van der Waals surface area contributed by atoms with Gasteiger partial charge in [0.15, 0.2) is 0 Å². The van der Waals surface area contributed by atoms with Crippen molar-refractivity contribution in [3.05, 3.63) is 59.9 Å². The second-order valence-electron chi connectivity index (χ2n) is 11.3. The van der Waals surface area contributed by atoms with Gasteiger partial charge < -0.3 is 0 Å². The van der Waals surface area contributed by atoms with Crippen molar-refractivity contribution in [2.24, 2.45) is 0 Å². The number of fused-ring (bicyclic) bond motifs is 1. The lowest BCUT2D eigenvalue weighted by molar-refractivity contribution is 0.850. The summed E-state index contributed by atoms with van der Waals surface area (Å²) >= 11 is 7.70. The number of aromatic nitrogens is 1. The van der Waals surface area contributed by atoms with Crippen molar-refractivity contribution < 1.29 is 0 Å². The third-order valence-electron chi connectivity index (χ3n) is 5.77. The number of rotatable bonds is 6. The molecule has 0 radical (unpaired) electrons. The van der Waals surface area contributed by atoms with Crippen LogP contribution in [0.1, 0.15) is 148 Å². The fraction of sp³-hybridized carbons (Fsp3) is 0.581. The highest BCUT2D eigenvalue weighted by Crippen LogP contribution is 2.38. The van der Waals surface area contributed by atoms with E-state index in [1.165, 1.54) is 38.8 Å². The number of thiophene rings is 3. The van der Waals surface area contributed by atoms with E-state index in [1.807, 2.05) is 51.5 Å². The van der Waals surface area contributed by atoms with Crippen molar-refractivity contribution in [3.63, 3.8) is 0 Å². The molecule has 0 fully saturated rings. The normalized spacial score (nSPS) is 11.7. The summed E-state index contributed by atoms with van der Waals surface area (Å²) in [5.74, 6) is 3.91. The zero-order valence-corrected chi connectivity index (χ0v) is 27.7. The van der Waals surface area contributed by atoms with Crippen LogP contribution < -0.4 is 0 Å². The standard InChI is InChI=1S/C12H16S2.C10H16S.C9H15NS/c1-7(2)9-5-11-12(13-9)6-10(14-11)8(3)4;1-7(2)9-5-6-10(11-9)8(3)4;1-6(2)8-5-10-9(11-8)7(3)4/h5-8H,1-4H3;5-8H,1-4H3;5-7H,1-4H3. The Balaban J connectivity index is 0.000000193. The SMILES string of the molecule is CC(C)c1cc2sc(C(C)C)cc2s1.CC(C)c1ccc(C(C)C)s1.CC(C)c1cnc(C(C)C)s1. The number of thiazole rings is 1.